The van der Waals surface area contributed by atoms with Gasteiger partial charge in [0.2, 0.25) is 28.5 Å². The van der Waals surface area contributed by atoms with Crippen LogP contribution >= 0.6 is 0 Å². The number of nitrogens with zero attached hydrogens (tertiary/aromatic N) is 5. The molecule has 8 saturated carbocycles. The number of pyridine rings is 5. The zero-order valence-electron chi connectivity index (χ0n) is 69.7. The van der Waals surface area contributed by atoms with Crippen molar-refractivity contribution in [3.05, 3.63) is 238 Å². The van der Waals surface area contributed by atoms with Crippen LogP contribution in [0.25, 0.3) is 56.3 Å². The van der Waals surface area contributed by atoms with Gasteiger partial charge in [-0.1, -0.05) is 67.1 Å². The number of fused-ring (bicyclic) bond motifs is 10. The molecule has 23 rings (SSSR count). The van der Waals surface area contributed by atoms with Crippen molar-refractivity contribution in [3.63, 3.8) is 0 Å². The molecule has 8 spiro atoms. The highest BCUT2D eigenvalue weighted by Crippen LogP contribution is 2.68. The van der Waals surface area contributed by atoms with Gasteiger partial charge in [-0.05, 0) is 267 Å². The smallest absolute Gasteiger partial charge is 0.216 e. The van der Waals surface area contributed by atoms with E-state index in [0.717, 1.165) is 24.5 Å². The SMILES string of the molecule is Cc1ccc2c(c1-c1cccc[n+]1C)OC(C)(C)CC21CC1.Cc1ccc2c(c1-c1cccc[n+]1C)OC1(CC1)CC21CC1.Cc1ccc2c(c1-c1cccc[n+]1C)OC1(CCCC1)CC21CC1.Cc1ccc2c(c1-c1cccc[n+]1C)OC1(CCCCC1)CC21CC1.Cc1ccc2c(c1-c1cccc[n+]1C)OCCC21CC1. The number of aromatic nitrogens is 5. The maximum absolute atomic E-state index is 6.94. The van der Waals surface area contributed by atoms with Crippen LogP contribution in [0.3, 0.4) is 0 Å². The Morgan fingerprint density at radius 2 is 0.504 bits per heavy atom. The molecule has 10 heterocycles. The Bertz CT molecular complexity index is 5290. The van der Waals surface area contributed by atoms with Gasteiger partial charge in [-0.15, -0.1) is 0 Å². The van der Waals surface area contributed by atoms with E-state index in [1.54, 1.807) is 0 Å². The Morgan fingerprint density at radius 1 is 0.248 bits per heavy atom. The summed E-state index contributed by atoms with van der Waals surface area (Å²) in [5.41, 5.74) is 28.9. The molecule has 0 N–H and O–H groups in total. The predicted molar refractivity (Wildman–Crippen MR) is 448 cm³/mol. The summed E-state index contributed by atoms with van der Waals surface area (Å²) >= 11 is 0. The Hall–Kier alpha value is -9.15. The molecule has 10 aromatic rings. The number of benzene rings is 5. The van der Waals surface area contributed by atoms with Gasteiger partial charge in [0.05, 0.1) is 34.4 Å². The van der Waals surface area contributed by atoms with Gasteiger partial charge in [-0.2, -0.15) is 0 Å². The van der Waals surface area contributed by atoms with E-state index in [0.29, 0.717) is 27.1 Å². The molecule has 5 aromatic carbocycles. The monoisotopic (exact) mass is 1510 g/mol. The lowest BCUT2D eigenvalue weighted by Gasteiger charge is -2.45. The van der Waals surface area contributed by atoms with E-state index in [-0.39, 0.29) is 22.4 Å². The first kappa shape index (κ1) is 74.0. The van der Waals surface area contributed by atoms with Crippen LogP contribution in [0.5, 0.6) is 28.7 Å². The maximum atomic E-state index is 6.94. The normalized spacial score (nSPS) is 21.3. The average Bonchev–Trinajstić information content (AvgIpc) is 1.59. The molecular weight excluding hydrogens is 1390 g/mol. The standard InChI is InChI=1S/C23H28NO.C22H26NO.C20H22NO.C20H24NO.C18H20NO/c1-17-9-10-18-21(20(17)19-8-4-7-15-24(19)2)25-23(11-5-3-6-12-23)16-22(18)13-14-22;1-16-8-9-17-20(19(16)18-7-3-6-14-23(18)2)24-22(10-4-5-11-22)15-21(17)12-13-21;1-14-6-7-15-18(17(14)16-5-3-4-12-21(16)2)22-20(10-11-20)13-19(15)8-9-19;1-14-8-9-15-18(17(14)16-7-5-6-12-21(16)4)22-19(2,3)13-20(15)10-11-20;1-13-6-7-14-17(20-12-10-18(14)8-9-18)16(13)15-5-3-4-11-19(15)2/h4,7-10,15H,3,5-6,11-14,16H2,1-2H3;3,6-9,14H,4-5,10-13,15H2,1-2H3;3-7,12H,8-11,13H2,1-2H3;5-9,12H,10-11,13H2,1-4H3;3-7,11H,8-10,12H2,1-2H3/q5*+1. The van der Waals surface area contributed by atoms with E-state index in [1.165, 1.54) is 290 Å². The van der Waals surface area contributed by atoms with Crippen molar-refractivity contribution in [2.75, 3.05) is 6.61 Å². The third-order valence-corrected chi connectivity index (χ3v) is 29.5. The van der Waals surface area contributed by atoms with Crippen LogP contribution in [0.4, 0.5) is 0 Å². The fraction of sp³-hybridized carbons (Fsp3) is 0.466. The molecule has 0 radical (unpaired) electrons. The maximum Gasteiger partial charge on any atom is 0.216 e. The summed E-state index contributed by atoms with van der Waals surface area (Å²) in [5.74, 6) is 5.84. The lowest BCUT2D eigenvalue weighted by Crippen LogP contribution is -2.45. The molecule has 113 heavy (non-hydrogen) atoms. The number of hydrogen-bond donors (Lipinski definition) is 0. The second kappa shape index (κ2) is 27.5. The quantitative estimate of drug-likeness (QED) is 0.161. The van der Waals surface area contributed by atoms with Crippen LogP contribution in [0.15, 0.2) is 183 Å². The average molecular weight is 1510 g/mol. The Morgan fingerprint density at radius 3 is 0.788 bits per heavy atom. The van der Waals surface area contributed by atoms with Crippen molar-refractivity contribution in [3.8, 4) is 85.0 Å². The highest BCUT2D eigenvalue weighted by molar-refractivity contribution is 5.78. The van der Waals surface area contributed by atoms with Gasteiger partial charge in [0.1, 0.15) is 86.4 Å². The van der Waals surface area contributed by atoms with Gasteiger partial charge in [0, 0.05) is 116 Å². The van der Waals surface area contributed by atoms with E-state index in [4.69, 9.17) is 23.7 Å². The molecule has 0 unspecified atom stereocenters. The van der Waals surface area contributed by atoms with E-state index in [2.05, 4.69) is 289 Å². The summed E-state index contributed by atoms with van der Waals surface area (Å²) in [7, 11) is 10.6. The number of aryl methyl sites for hydroxylation is 10. The van der Waals surface area contributed by atoms with Crippen LogP contribution in [-0.4, -0.2) is 29.0 Å². The Labute approximate surface area is 672 Å². The van der Waals surface area contributed by atoms with Crippen molar-refractivity contribution in [1.29, 1.82) is 0 Å². The molecule has 5 aromatic heterocycles. The molecule has 8 aliphatic carbocycles. The first-order valence-electron chi connectivity index (χ1n) is 43.4. The first-order chi connectivity index (χ1) is 54.5. The van der Waals surface area contributed by atoms with Crippen molar-refractivity contribution < 1.29 is 46.5 Å². The summed E-state index contributed by atoms with van der Waals surface area (Å²) in [5, 5.41) is 0. The fourth-order valence-electron chi connectivity index (χ4n) is 22.4. The minimum absolute atomic E-state index is 0.0839. The van der Waals surface area contributed by atoms with E-state index < -0.39 is 0 Å². The second-order valence-electron chi connectivity index (χ2n) is 38.3. The minimum atomic E-state index is -0.0839. The van der Waals surface area contributed by atoms with Gasteiger partial charge in [-0.3, -0.25) is 0 Å². The molecule has 10 heteroatoms. The van der Waals surface area contributed by atoms with Crippen molar-refractivity contribution >= 4 is 0 Å². The van der Waals surface area contributed by atoms with Crippen LogP contribution < -0.4 is 46.5 Å². The molecule has 5 aliphatic heterocycles. The van der Waals surface area contributed by atoms with Crippen molar-refractivity contribution in [2.45, 2.75) is 265 Å². The van der Waals surface area contributed by atoms with Gasteiger partial charge in [0.25, 0.3) is 0 Å². The molecule has 10 nitrogen and oxygen atoms in total. The predicted octanol–water partition coefficient (Wildman–Crippen LogP) is 20.8. The summed E-state index contributed by atoms with van der Waals surface area (Å²) in [6.45, 7) is 16.3. The molecule has 0 bridgehead atoms. The van der Waals surface area contributed by atoms with Gasteiger partial charge < -0.3 is 23.7 Å². The second-order valence-corrected chi connectivity index (χ2v) is 38.3. The molecule has 8 fully saturated rings. The van der Waals surface area contributed by atoms with Gasteiger partial charge in [-0.25, -0.2) is 22.8 Å². The molecule has 0 atom stereocenters. The third kappa shape index (κ3) is 13.3. The third-order valence-electron chi connectivity index (χ3n) is 29.5. The summed E-state index contributed by atoms with van der Waals surface area (Å²) < 4.78 is 44.1. The van der Waals surface area contributed by atoms with Gasteiger partial charge >= 0.3 is 0 Å². The first-order valence-corrected chi connectivity index (χ1v) is 43.4. The zero-order valence-corrected chi connectivity index (χ0v) is 69.7. The van der Waals surface area contributed by atoms with Crippen molar-refractivity contribution in [1.82, 2.24) is 0 Å². The fourth-order valence-corrected chi connectivity index (χ4v) is 22.4. The zero-order chi connectivity index (χ0) is 77.7. The Balaban J connectivity index is 0.0000000951. The summed E-state index contributed by atoms with van der Waals surface area (Å²) in [6.07, 6.45) is 44.1. The van der Waals surface area contributed by atoms with Crippen molar-refractivity contribution in [2.24, 2.45) is 35.2 Å². The number of ether oxygens (including phenoxy) is 5. The highest BCUT2D eigenvalue weighted by atomic mass is 16.5. The topological polar surface area (TPSA) is 65.5 Å². The molecule has 13 aliphatic rings. The van der Waals surface area contributed by atoms with Crippen LogP contribution in [0.1, 0.15) is 236 Å². The van der Waals surface area contributed by atoms with E-state index >= 15 is 0 Å². The molecule has 0 saturated heterocycles. The van der Waals surface area contributed by atoms with Crippen LogP contribution in [-0.2, 0) is 62.3 Å². The number of rotatable bonds is 5. The largest absolute Gasteiger partial charge is 0.492 e. The van der Waals surface area contributed by atoms with Gasteiger partial charge in [0.15, 0.2) is 31.0 Å². The van der Waals surface area contributed by atoms with E-state index in [9.17, 15) is 0 Å². The highest BCUT2D eigenvalue weighted by Gasteiger charge is 2.63. The molecule has 582 valence electrons. The number of hydrogen-bond acceptors (Lipinski definition) is 5. The minimum Gasteiger partial charge on any atom is -0.492 e. The lowest BCUT2D eigenvalue weighted by atomic mass is 9.72. The lowest BCUT2D eigenvalue weighted by molar-refractivity contribution is -0.660. The summed E-state index contributed by atoms with van der Waals surface area (Å²) in [6, 6.07) is 55.1. The molecular formula is C103H120N5O5+5. The Kier molecular flexibility index (Phi) is 18.0. The van der Waals surface area contributed by atoms with Crippen LogP contribution in [0, 0.1) is 34.6 Å². The molecule has 0 amide bonds. The van der Waals surface area contributed by atoms with E-state index in [1.807, 2.05) is 0 Å². The summed E-state index contributed by atoms with van der Waals surface area (Å²) in [4.78, 5) is 0. The van der Waals surface area contributed by atoms with Crippen LogP contribution in [0.2, 0.25) is 0 Å².